The fourth-order valence-corrected chi connectivity index (χ4v) is 6.87. The van der Waals surface area contributed by atoms with Crippen LogP contribution in [0, 0.1) is 6.92 Å². The number of halogens is 3. The Morgan fingerprint density at radius 3 is 2.77 bits per heavy atom. The topological polar surface area (TPSA) is 114 Å². The molecule has 44 heavy (non-hydrogen) atoms. The third-order valence-corrected chi connectivity index (χ3v) is 9.02. The molecule has 0 unspecified atom stereocenters. The number of aromatic nitrogens is 4. The van der Waals surface area contributed by atoms with Crippen LogP contribution in [0.5, 0.6) is 11.6 Å². The van der Waals surface area contributed by atoms with E-state index in [2.05, 4.69) is 27.1 Å². The minimum Gasteiger partial charge on any atom is -0.493 e. The number of carboxylic acids is 1. The van der Waals surface area contributed by atoms with Crippen LogP contribution in [0.25, 0.3) is 21.1 Å². The molecule has 13 heteroatoms. The van der Waals surface area contributed by atoms with Gasteiger partial charge >= 0.3 is 12.1 Å². The predicted octanol–water partition coefficient (Wildman–Crippen LogP) is 6.40. The van der Waals surface area contributed by atoms with E-state index in [1.165, 1.54) is 12.1 Å². The number of rotatable bonds is 8. The zero-order chi connectivity index (χ0) is 31.2. The quantitative estimate of drug-likeness (QED) is 0.204. The number of carboxylic acid groups (broad SMARTS) is 1. The first kappa shape index (κ1) is 29.8. The first-order chi connectivity index (χ1) is 21.0. The summed E-state index contributed by atoms with van der Waals surface area (Å²) >= 11 is 1.60. The van der Waals surface area contributed by atoms with Crippen molar-refractivity contribution in [3.63, 3.8) is 0 Å². The minimum atomic E-state index is -4.46. The summed E-state index contributed by atoms with van der Waals surface area (Å²) in [5.74, 6) is -1.01. The molecular formula is C31H30F3N5O4S. The lowest BCUT2D eigenvalue weighted by molar-refractivity contribution is -0.142. The molecule has 6 rings (SSSR count). The van der Waals surface area contributed by atoms with Gasteiger partial charge in [0.05, 0.1) is 11.9 Å². The van der Waals surface area contributed by atoms with Gasteiger partial charge in [0.15, 0.2) is 0 Å². The van der Waals surface area contributed by atoms with Crippen LogP contribution in [0.4, 0.5) is 13.2 Å². The highest BCUT2D eigenvalue weighted by Gasteiger charge is 2.31. The van der Waals surface area contributed by atoms with E-state index in [1.54, 1.807) is 30.4 Å². The van der Waals surface area contributed by atoms with Crippen molar-refractivity contribution in [2.24, 2.45) is 0 Å². The molecular weight excluding hydrogens is 595 g/mol. The Morgan fingerprint density at radius 1 is 1.20 bits per heavy atom. The molecule has 0 fully saturated rings. The predicted molar refractivity (Wildman–Crippen MR) is 159 cm³/mol. The molecule has 3 aromatic heterocycles. The number of hydrogen-bond acceptors (Lipinski definition) is 8. The summed E-state index contributed by atoms with van der Waals surface area (Å²) in [5.41, 5.74) is 4.24. The zero-order valence-corrected chi connectivity index (χ0v) is 24.8. The molecule has 2 atom stereocenters. The Kier molecular flexibility index (Phi) is 7.93. The van der Waals surface area contributed by atoms with Gasteiger partial charge in [0.1, 0.15) is 29.6 Å². The summed E-state index contributed by atoms with van der Waals surface area (Å²) in [6, 6.07) is 12.5. The van der Waals surface area contributed by atoms with E-state index < -0.39 is 24.6 Å². The van der Waals surface area contributed by atoms with Crippen molar-refractivity contribution in [1.82, 2.24) is 24.9 Å². The maximum Gasteiger partial charge on any atom is 0.408 e. The average Bonchev–Trinajstić information content (AvgIpc) is 3.55. The van der Waals surface area contributed by atoms with Crippen LogP contribution in [-0.2, 0) is 24.4 Å². The van der Waals surface area contributed by atoms with Gasteiger partial charge in [-0.2, -0.15) is 13.2 Å². The van der Waals surface area contributed by atoms with Crippen molar-refractivity contribution in [3.8, 4) is 11.6 Å². The smallest absolute Gasteiger partial charge is 0.408 e. The Labute approximate surface area is 254 Å². The third-order valence-electron chi connectivity index (χ3n) is 8.01. The maximum absolute atomic E-state index is 13.1. The van der Waals surface area contributed by atoms with E-state index in [4.69, 9.17) is 4.74 Å². The Morgan fingerprint density at radius 2 is 2.02 bits per heavy atom. The molecule has 4 heterocycles. The third kappa shape index (κ3) is 6.06. The van der Waals surface area contributed by atoms with Crippen LogP contribution in [0.2, 0.25) is 0 Å². The van der Waals surface area contributed by atoms with Crippen LogP contribution in [0.1, 0.15) is 53.6 Å². The summed E-state index contributed by atoms with van der Waals surface area (Å²) in [7, 11) is 0. The molecule has 0 saturated carbocycles. The highest BCUT2D eigenvalue weighted by molar-refractivity contribution is 7.17. The van der Waals surface area contributed by atoms with Crippen LogP contribution in [-0.4, -0.2) is 59.9 Å². The largest absolute Gasteiger partial charge is 0.493 e. The number of pyridine rings is 1. The molecule has 5 aromatic rings. The highest BCUT2D eigenvalue weighted by Crippen LogP contribution is 2.38. The lowest BCUT2D eigenvalue weighted by Crippen LogP contribution is -2.32. The van der Waals surface area contributed by atoms with Gasteiger partial charge in [-0.15, -0.1) is 16.4 Å². The second kappa shape index (κ2) is 11.7. The number of aryl methyl sites for hydroxylation is 1. The maximum atomic E-state index is 13.1. The van der Waals surface area contributed by atoms with Crippen molar-refractivity contribution in [2.45, 2.75) is 64.5 Å². The Balaban J connectivity index is 1.40. The number of carbonyl (C=O) groups is 1. The summed E-state index contributed by atoms with van der Waals surface area (Å²) in [6.45, 7) is 4.15. The molecule has 2 aromatic carbocycles. The number of aliphatic carboxylic acids is 1. The van der Waals surface area contributed by atoms with Crippen molar-refractivity contribution in [3.05, 3.63) is 75.8 Å². The molecule has 1 aliphatic rings. The van der Waals surface area contributed by atoms with Crippen molar-refractivity contribution in [2.75, 3.05) is 6.54 Å². The van der Waals surface area contributed by atoms with Gasteiger partial charge in [-0.1, -0.05) is 24.3 Å². The number of aromatic hydroxyl groups is 1. The number of ether oxygens (including phenoxy) is 1. The van der Waals surface area contributed by atoms with Crippen molar-refractivity contribution >= 4 is 38.4 Å². The van der Waals surface area contributed by atoms with Crippen LogP contribution >= 0.6 is 11.3 Å². The highest BCUT2D eigenvalue weighted by atomic mass is 32.1. The van der Waals surface area contributed by atoms with Crippen LogP contribution in [0.3, 0.4) is 0 Å². The number of thiophene rings is 1. The summed E-state index contributed by atoms with van der Waals surface area (Å²) in [5, 5.41) is 30.7. The summed E-state index contributed by atoms with van der Waals surface area (Å²) < 4.78 is 47.4. The average molecular weight is 626 g/mol. The number of hydrogen-bond donors (Lipinski definition) is 2. The van der Waals surface area contributed by atoms with Gasteiger partial charge in [-0.3, -0.25) is 9.69 Å². The SMILES string of the molecule is CC[C@@H]1CN(Cc2cc([C@H](CC(=O)O)c3ccc4c(nnn4CC(F)(F)F)c3C)cc3ccsc23)Cc2nc(O)ccc2O1. The second-order valence-electron chi connectivity index (χ2n) is 11.1. The van der Waals surface area contributed by atoms with Crippen molar-refractivity contribution < 1.29 is 32.9 Å². The van der Waals surface area contributed by atoms with Crippen LogP contribution in [0.15, 0.2) is 47.8 Å². The molecule has 2 N–H and O–H groups in total. The monoisotopic (exact) mass is 625 g/mol. The first-order valence-corrected chi connectivity index (χ1v) is 15.1. The van der Waals surface area contributed by atoms with Crippen molar-refractivity contribution in [1.29, 1.82) is 0 Å². The number of alkyl halides is 3. The van der Waals surface area contributed by atoms with Gasteiger partial charge < -0.3 is 14.9 Å². The fourth-order valence-electron chi connectivity index (χ4n) is 5.98. The Bertz CT molecular complexity index is 1850. The number of fused-ring (bicyclic) bond motifs is 3. The first-order valence-electron chi connectivity index (χ1n) is 14.2. The summed E-state index contributed by atoms with van der Waals surface area (Å²) in [4.78, 5) is 18.7. The Hall–Kier alpha value is -4.23. The standard InChI is InChI=1S/C31H30F3N5O4S/c1-3-21-14-38(15-24-26(43-21)6-7-27(40)35-24)13-20-11-19(10-18-8-9-44-30(18)20)23(12-28(41)42)22-4-5-25-29(17(22)2)36-37-39(25)16-31(32,33)34/h4-11,21,23H,3,12-16H2,1-2H3,(H,35,40)(H,41,42)/t21-,23+/m1/s1. The molecule has 0 bridgehead atoms. The van der Waals surface area contributed by atoms with E-state index in [-0.39, 0.29) is 23.9 Å². The number of nitrogens with zero attached hydrogens (tertiary/aromatic N) is 5. The number of benzene rings is 2. The van der Waals surface area contributed by atoms with E-state index in [1.807, 2.05) is 23.6 Å². The molecule has 0 radical (unpaired) electrons. The minimum absolute atomic E-state index is 0.0767. The van der Waals surface area contributed by atoms with E-state index >= 15 is 0 Å². The molecule has 230 valence electrons. The molecule has 9 nitrogen and oxygen atoms in total. The van der Waals surface area contributed by atoms with E-state index in [9.17, 15) is 28.2 Å². The lowest BCUT2D eigenvalue weighted by atomic mass is 9.84. The zero-order valence-electron chi connectivity index (χ0n) is 24.0. The van der Waals surface area contributed by atoms with Gasteiger partial charge in [0, 0.05) is 36.3 Å². The second-order valence-corrected chi connectivity index (χ2v) is 12.0. The molecule has 1 aliphatic heterocycles. The van der Waals surface area contributed by atoms with E-state index in [0.29, 0.717) is 47.7 Å². The van der Waals surface area contributed by atoms with Gasteiger partial charge in [-0.25, -0.2) is 9.67 Å². The normalized spacial score (nSPS) is 16.5. The fraction of sp³-hybridized carbons (Fsp3) is 0.355. The van der Waals surface area contributed by atoms with Crippen LogP contribution < -0.4 is 4.74 Å². The molecule has 0 spiro atoms. The molecule has 0 aliphatic carbocycles. The molecule has 0 saturated heterocycles. The van der Waals surface area contributed by atoms with Gasteiger partial charge in [0.2, 0.25) is 5.88 Å². The van der Waals surface area contributed by atoms with E-state index in [0.717, 1.165) is 32.3 Å². The summed E-state index contributed by atoms with van der Waals surface area (Å²) in [6.07, 6.45) is -3.98. The lowest BCUT2D eigenvalue weighted by Gasteiger charge is -2.25. The van der Waals surface area contributed by atoms with Gasteiger partial charge in [-0.05, 0) is 70.6 Å². The van der Waals surface area contributed by atoms with Gasteiger partial charge in [0.25, 0.3) is 0 Å². The molecule has 0 amide bonds.